The van der Waals surface area contributed by atoms with E-state index in [1.54, 1.807) is 0 Å². The number of hydrogen-bond acceptors (Lipinski definition) is 3. The Morgan fingerprint density at radius 2 is 0.764 bits per heavy atom. The maximum atomic E-state index is 2.44. The van der Waals surface area contributed by atoms with Gasteiger partial charge in [-0.25, -0.2) is 0 Å². The lowest BCUT2D eigenvalue weighted by atomic mass is 9.96. The van der Waals surface area contributed by atoms with Crippen LogP contribution in [0.3, 0.4) is 0 Å². The fraction of sp³-hybridized carbons (Fsp3) is 0. The molecular weight excluding hydrogens is 703 g/mol. The van der Waals surface area contributed by atoms with Crippen LogP contribution in [0.1, 0.15) is 0 Å². The van der Waals surface area contributed by atoms with Crippen LogP contribution in [-0.4, -0.2) is 0 Å². The predicted molar refractivity (Wildman–Crippen MR) is 241 cm³/mol. The molecule has 55 heavy (non-hydrogen) atoms. The summed E-state index contributed by atoms with van der Waals surface area (Å²) in [4.78, 5) is 2.44. The minimum Gasteiger partial charge on any atom is -0.310 e. The highest BCUT2D eigenvalue weighted by atomic mass is 32.1. The molecule has 2 heterocycles. The first-order chi connectivity index (χ1) is 27.2. The van der Waals surface area contributed by atoms with Gasteiger partial charge in [0, 0.05) is 57.3 Å². The molecule has 0 saturated carbocycles. The van der Waals surface area contributed by atoms with E-state index in [-0.39, 0.29) is 0 Å². The summed E-state index contributed by atoms with van der Waals surface area (Å²) in [6.45, 7) is 0. The highest BCUT2D eigenvalue weighted by molar-refractivity contribution is 7.26. The van der Waals surface area contributed by atoms with E-state index in [0.717, 1.165) is 17.1 Å². The van der Waals surface area contributed by atoms with Crippen molar-refractivity contribution >= 4 is 90.9 Å². The molecule has 11 aromatic rings. The highest BCUT2D eigenvalue weighted by Gasteiger charge is 2.20. The third-order valence-electron chi connectivity index (χ3n) is 10.9. The molecule has 0 aliphatic carbocycles. The summed E-state index contributed by atoms with van der Waals surface area (Å²) in [5.74, 6) is 0. The molecule has 0 bridgehead atoms. The van der Waals surface area contributed by atoms with Crippen LogP contribution >= 0.6 is 22.7 Å². The zero-order valence-corrected chi connectivity index (χ0v) is 31.4. The quantitative estimate of drug-likeness (QED) is 0.164. The van der Waals surface area contributed by atoms with E-state index >= 15 is 0 Å². The van der Waals surface area contributed by atoms with Crippen molar-refractivity contribution in [2.75, 3.05) is 4.90 Å². The Hall–Kier alpha value is -6.52. The Balaban J connectivity index is 1.10. The lowest BCUT2D eigenvalue weighted by molar-refractivity contribution is 1.28. The molecule has 0 saturated heterocycles. The molecule has 0 amide bonds. The van der Waals surface area contributed by atoms with Crippen LogP contribution in [0.2, 0.25) is 0 Å². The highest BCUT2D eigenvalue weighted by Crippen LogP contribution is 2.45. The van der Waals surface area contributed by atoms with E-state index in [1.807, 2.05) is 22.7 Å². The molecule has 11 rings (SSSR count). The zero-order valence-electron chi connectivity index (χ0n) is 29.8. The van der Waals surface area contributed by atoms with Gasteiger partial charge in [-0.1, -0.05) is 146 Å². The minimum atomic E-state index is 1.11. The van der Waals surface area contributed by atoms with E-state index in [4.69, 9.17) is 0 Å². The second-order valence-corrected chi connectivity index (χ2v) is 16.3. The van der Waals surface area contributed by atoms with E-state index in [0.29, 0.717) is 0 Å². The molecule has 0 radical (unpaired) electrons. The monoisotopic (exact) mass is 735 g/mol. The number of hydrogen-bond donors (Lipinski definition) is 0. The number of rotatable bonds is 6. The molecule has 2 aromatic heterocycles. The number of anilines is 3. The third kappa shape index (κ3) is 5.51. The fourth-order valence-electron chi connectivity index (χ4n) is 8.25. The van der Waals surface area contributed by atoms with Gasteiger partial charge in [0.1, 0.15) is 0 Å². The molecule has 0 spiro atoms. The lowest BCUT2D eigenvalue weighted by Crippen LogP contribution is -2.11. The Kier molecular flexibility index (Phi) is 7.61. The molecular formula is C52H33NS2. The standard InChI is InChI=1S/C52H33NS2/c1-2-18-41-34(12-1)13-11-22-42(41)37-15-10-17-40(31-37)53(39-16-9-14-35(30-39)36-26-28-46-44-20-4-7-24-49(44)54-51(46)32-36)48-23-6-3-19-43(48)38-27-29-47-45-21-5-8-25-50(45)55-52(47)33-38/h1-33H. The molecule has 0 unspecified atom stereocenters. The van der Waals surface area contributed by atoms with Crippen LogP contribution in [0.4, 0.5) is 17.1 Å². The van der Waals surface area contributed by atoms with Gasteiger partial charge in [-0.15, -0.1) is 22.7 Å². The van der Waals surface area contributed by atoms with Gasteiger partial charge in [0.25, 0.3) is 0 Å². The second-order valence-electron chi connectivity index (χ2n) is 14.1. The average Bonchev–Trinajstić information content (AvgIpc) is 3.82. The number of fused-ring (bicyclic) bond motifs is 7. The van der Waals surface area contributed by atoms with Crippen molar-refractivity contribution in [3.05, 3.63) is 200 Å². The summed E-state index contributed by atoms with van der Waals surface area (Å²) in [6.07, 6.45) is 0. The van der Waals surface area contributed by atoms with Crippen LogP contribution in [-0.2, 0) is 0 Å². The van der Waals surface area contributed by atoms with Gasteiger partial charge < -0.3 is 4.90 Å². The van der Waals surface area contributed by atoms with Crippen molar-refractivity contribution < 1.29 is 0 Å². The summed E-state index contributed by atoms with van der Waals surface area (Å²) in [5, 5.41) is 7.77. The van der Waals surface area contributed by atoms with Crippen LogP contribution in [0.5, 0.6) is 0 Å². The molecule has 3 heteroatoms. The first-order valence-corrected chi connectivity index (χ1v) is 20.3. The molecule has 0 fully saturated rings. The Morgan fingerprint density at radius 3 is 1.51 bits per heavy atom. The maximum Gasteiger partial charge on any atom is 0.0540 e. The molecule has 0 aliphatic rings. The van der Waals surface area contributed by atoms with Crippen LogP contribution in [0.25, 0.3) is 84.5 Å². The van der Waals surface area contributed by atoms with Gasteiger partial charge in [0.2, 0.25) is 0 Å². The van der Waals surface area contributed by atoms with Gasteiger partial charge in [-0.05, 0) is 93.2 Å². The van der Waals surface area contributed by atoms with Crippen LogP contribution in [0.15, 0.2) is 200 Å². The Bertz CT molecular complexity index is 3230. The summed E-state index contributed by atoms with van der Waals surface area (Å²) in [7, 11) is 0. The maximum absolute atomic E-state index is 2.44. The van der Waals surface area contributed by atoms with E-state index in [2.05, 4.69) is 205 Å². The third-order valence-corrected chi connectivity index (χ3v) is 13.1. The van der Waals surface area contributed by atoms with E-state index < -0.39 is 0 Å². The summed E-state index contributed by atoms with van der Waals surface area (Å²) in [5.41, 5.74) is 10.6. The van der Waals surface area contributed by atoms with Gasteiger partial charge >= 0.3 is 0 Å². The SMILES string of the molecule is c1cc(-c2ccc3c(c2)sc2ccccc23)cc(N(c2cccc(-c3cccc4ccccc34)c2)c2ccccc2-c2ccc3c(c2)sc2ccccc23)c1. The molecule has 258 valence electrons. The second kappa shape index (κ2) is 13.1. The topological polar surface area (TPSA) is 3.24 Å². The lowest BCUT2D eigenvalue weighted by Gasteiger charge is -2.29. The van der Waals surface area contributed by atoms with Crippen molar-refractivity contribution in [1.29, 1.82) is 0 Å². The van der Waals surface area contributed by atoms with E-state index in [9.17, 15) is 0 Å². The smallest absolute Gasteiger partial charge is 0.0540 e. The van der Waals surface area contributed by atoms with Crippen molar-refractivity contribution in [1.82, 2.24) is 0 Å². The van der Waals surface area contributed by atoms with Crippen molar-refractivity contribution in [3.8, 4) is 33.4 Å². The Labute approximate surface area is 327 Å². The van der Waals surface area contributed by atoms with Crippen LogP contribution in [0, 0.1) is 0 Å². The van der Waals surface area contributed by atoms with Gasteiger partial charge in [0.15, 0.2) is 0 Å². The summed E-state index contributed by atoms with van der Waals surface area (Å²) >= 11 is 3.73. The minimum absolute atomic E-state index is 1.11. The molecule has 0 aliphatic heterocycles. The van der Waals surface area contributed by atoms with Crippen molar-refractivity contribution in [2.45, 2.75) is 0 Å². The molecule has 1 nitrogen and oxygen atoms in total. The molecule has 0 N–H and O–H groups in total. The average molecular weight is 736 g/mol. The summed E-state index contributed by atoms with van der Waals surface area (Å²) in [6, 6.07) is 73.6. The van der Waals surface area contributed by atoms with Gasteiger partial charge in [-0.2, -0.15) is 0 Å². The molecule has 9 aromatic carbocycles. The van der Waals surface area contributed by atoms with Crippen LogP contribution < -0.4 is 4.90 Å². The van der Waals surface area contributed by atoms with Gasteiger partial charge in [-0.3, -0.25) is 0 Å². The number of thiophene rings is 2. The normalized spacial score (nSPS) is 11.6. The van der Waals surface area contributed by atoms with Crippen molar-refractivity contribution in [2.24, 2.45) is 0 Å². The first kappa shape index (κ1) is 32.0. The van der Waals surface area contributed by atoms with Crippen molar-refractivity contribution in [3.63, 3.8) is 0 Å². The largest absolute Gasteiger partial charge is 0.310 e. The Morgan fingerprint density at radius 1 is 0.291 bits per heavy atom. The predicted octanol–water partition coefficient (Wildman–Crippen LogP) is 16.0. The number of benzene rings is 9. The number of nitrogens with zero attached hydrogens (tertiary/aromatic N) is 1. The van der Waals surface area contributed by atoms with Gasteiger partial charge in [0.05, 0.1) is 5.69 Å². The number of para-hydroxylation sites is 1. The van der Waals surface area contributed by atoms with E-state index in [1.165, 1.54) is 84.5 Å². The zero-order chi connectivity index (χ0) is 36.3. The fourth-order valence-corrected chi connectivity index (χ4v) is 10.5. The first-order valence-electron chi connectivity index (χ1n) is 18.7. The summed E-state index contributed by atoms with van der Waals surface area (Å²) < 4.78 is 5.26. The molecule has 0 atom stereocenters.